The number of benzene rings is 2. The SMILES string of the molecule is N#Cc1cccc(-c2cc(OC3CN(C(=O)CO)C3)c3cnccc3c2)c1. The molecule has 1 aromatic heterocycles. The van der Waals surface area contributed by atoms with Gasteiger partial charge in [0.25, 0.3) is 0 Å². The summed E-state index contributed by atoms with van der Waals surface area (Å²) in [6, 6.07) is 15.5. The van der Waals surface area contributed by atoms with Gasteiger partial charge in [0.05, 0.1) is 24.7 Å². The summed E-state index contributed by atoms with van der Waals surface area (Å²) < 4.78 is 6.13. The highest BCUT2D eigenvalue weighted by atomic mass is 16.5. The molecule has 1 amide bonds. The van der Waals surface area contributed by atoms with Gasteiger partial charge in [-0.2, -0.15) is 5.26 Å². The Bertz CT molecular complexity index is 1050. The molecule has 1 fully saturated rings. The second-order valence-electron chi connectivity index (χ2n) is 6.46. The number of amides is 1. The van der Waals surface area contributed by atoms with E-state index in [1.807, 2.05) is 36.4 Å². The lowest BCUT2D eigenvalue weighted by Crippen LogP contribution is -2.56. The number of likely N-dealkylation sites (tertiary alicyclic amines) is 1. The molecule has 0 spiro atoms. The van der Waals surface area contributed by atoms with E-state index in [0.29, 0.717) is 24.4 Å². The molecule has 0 radical (unpaired) electrons. The Balaban J connectivity index is 1.67. The number of rotatable bonds is 4. The second-order valence-corrected chi connectivity index (χ2v) is 6.46. The van der Waals surface area contributed by atoms with Gasteiger partial charge in [-0.05, 0) is 46.8 Å². The fourth-order valence-corrected chi connectivity index (χ4v) is 3.19. The summed E-state index contributed by atoms with van der Waals surface area (Å²) in [7, 11) is 0. The van der Waals surface area contributed by atoms with Crippen LogP contribution < -0.4 is 4.74 Å². The van der Waals surface area contributed by atoms with Crippen molar-refractivity contribution in [1.82, 2.24) is 9.88 Å². The van der Waals surface area contributed by atoms with Gasteiger partial charge < -0.3 is 14.7 Å². The van der Waals surface area contributed by atoms with Crippen LogP contribution in [0.15, 0.2) is 54.9 Å². The number of carbonyl (C=O) groups is 1. The Morgan fingerprint density at radius 2 is 2.11 bits per heavy atom. The molecule has 0 atom stereocenters. The molecule has 4 rings (SSSR count). The normalized spacial score (nSPS) is 13.9. The van der Waals surface area contributed by atoms with Gasteiger partial charge in [0.15, 0.2) is 0 Å². The highest BCUT2D eigenvalue weighted by Gasteiger charge is 2.32. The smallest absolute Gasteiger partial charge is 0.248 e. The third-order valence-electron chi connectivity index (χ3n) is 4.67. The zero-order chi connectivity index (χ0) is 18.8. The fraction of sp³-hybridized carbons (Fsp3) is 0.190. The Morgan fingerprint density at radius 1 is 1.26 bits per heavy atom. The summed E-state index contributed by atoms with van der Waals surface area (Å²) in [5, 5.41) is 20.0. The topological polar surface area (TPSA) is 86.5 Å². The van der Waals surface area contributed by atoms with Crippen LogP contribution in [0.3, 0.4) is 0 Å². The number of aromatic nitrogens is 1. The molecular weight excluding hydrogens is 342 g/mol. The minimum Gasteiger partial charge on any atom is -0.486 e. The molecule has 0 unspecified atom stereocenters. The first-order valence-electron chi connectivity index (χ1n) is 8.61. The molecule has 1 aliphatic rings. The largest absolute Gasteiger partial charge is 0.486 e. The number of carbonyl (C=O) groups excluding carboxylic acids is 1. The first-order chi connectivity index (χ1) is 13.2. The second kappa shape index (κ2) is 7.06. The van der Waals surface area contributed by atoms with Gasteiger partial charge in [0.2, 0.25) is 5.91 Å². The van der Waals surface area contributed by atoms with E-state index in [1.54, 1.807) is 23.4 Å². The minimum atomic E-state index is -0.482. The van der Waals surface area contributed by atoms with Crippen molar-refractivity contribution in [2.45, 2.75) is 6.10 Å². The molecule has 27 heavy (non-hydrogen) atoms. The molecule has 3 aromatic rings. The molecule has 1 saturated heterocycles. The van der Waals surface area contributed by atoms with Gasteiger partial charge >= 0.3 is 0 Å². The molecule has 2 heterocycles. The van der Waals surface area contributed by atoms with Crippen LogP contribution in [-0.4, -0.2) is 46.7 Å². The zero-order valence-corrected chi connectivity index (χ0v) is 14.5. The molecule has 0 aliphatic carbocycles. The first kappa shape index (κ1) is 17.0. The van der Waals surface area contributed by atoms with Gasteiger partial charge in [0, 0.05) is 17.8 Å². The van der Waals surface area contributed by atoms with Crippen LogP contribution in [0.25, 0.3) is 21.9 Å². The summed E-state index contributed by atoms with van der Waals surface area (Å²) in [6.45, 7) is 0.425. The molecule has 0 bridgehead atoms. The van der Waals surface area contributed by atoms with Crippen molar-refractivity contribution in [1.29, 1.82) is 5.26 Å². The average Bonchev–Trinajstić information content (AvgIpc) is 2.69. The third kappa shape index (κ3) is 3.33. The molecule has 6 nitrogen and oxygen atoms in total. The summed E-state index contributed by atoms with van der Waals surface area (Å²) in [5.74, 6) is 0.405. The standard InChI is InChI=1S/C21H17N3O3/c22-9-14-2-1-3-15(6-14)17-7-16-4-5-23-10-19(16)20(8-17)27-18-11-24(12-18)21(26)13-25/h1-8,10,18,25H,11-13H2. The zero-order valence-electron chi connectivity index (χ0n) is 14.5. The maximum Gasteiger partial charge on any atom is 0.248 e. The van der Waals surface area contributed by atoms with Crippen LogP contribution in [0.5, 0.6) is 5.75 Å². The van der Waals surface area contributed by atoms with Gasteiger partial charge in [-0.15, -0.1) is 0 Å². The van der Waals surface area contributed by atoms with Crippen LogP contribution in [-0.2, 0) is 4.79 Å². The number of hydrogen-bond acceptors (Lipinski definition) is 5. The molecule has 2 aromatic carbocycles. The maximum absolute atomic E-state index is 11.5. The van der Waals surface area contributed by atoms with Crippen LogP contribution in [0.2, 0.25) is 0 Å². The van der Waals surface area contributed by atoms with E-state index >= 15 is 0 Å². The van der Waals surface area contributed by atoms with Crippen molar-refractivity contribution in [2.75, 3.05) is 19.7 Å². The highest BCUT2D eigenvalue weighted by molar-refractivity contribution is 5.92. The number of hydrogen-bond donors (Lipinski definition) is 1. The number of aliphatic hydroxyl groups is 1. The van der Waals surface area contributed by atoms with E-state index in [9.17, 15) is 4.79 Å². The van der Waals surface area contributed by atoms with Crippen molar-refractivity contribution < 1.29 is 14.6 Å². The summed E-state index contributed by atoms with van der Waals surface area (Å²) >= 11 is 0. The molecule has 6 heteroatoms. The summed E-state index contributed by atoms with van der Waals surface area (Å²) in [4.78, 5) is 17.2. The predicted octanol–water partition coefficient (Wildman–Crippen LogP) is 2.36. The monoisotopic (exact) mass is 359 g/mol. The Kier molecular flexibility index (Phi) is 4.45. The van der Waals surface area contributed by atoms with Gasteiger partial charge in [0.1, 0.15) is 18.5 Å². The van der Waals surface area contributed by atoms with Crippen molar-refractivity contribution in [2.24, 2.45) is 0 Å². The van der Waals surface area contributed by atoms with Crippen molar-refractivity contribution in [3.05, 3.63) is 60.4 Å². The maximum atomic E-state index is 11.5. The van der Waals surface area contributed by atoms with Crippen LogP contribution >= 0.6 is 0 Å². The molecule has 1 aliphatic heterocycles. The predicted molar refractivity (Wildman–Crippen MR) is 100.0 cm³/mol. The lowest BCUT2D eigenvalue weighted by molar-refractivity contribution is -0.142. The lowest BCUT2D eigenvalue weighted by atomic mass is 10.00. The number of aliphatic hydroxyl groups excluding tert-OH is 1. The highest BCUT2D eigenvalue weighted by Crippen LogP contribution is 2.34. The van der Waals surface area contributed by atoms with E-state index in [4.69, 9.17) is 15.1 Å². The van der Waals surface area contributed by atoms with E-state index in [1.165, 1.54) is 0 Å². The summed E-state index contributed by atoms with van der Waals surface area (Å²) in [6.07, 6.45) is 3.37. The van der Waals surface area contributed by atoms with Gasteiger partial charge in [-0.25, -0.2) is 0 Å². The first-order valence-corrected chi connectivity index (χ1v) is 8.61. The number of nitriles is 1. The lowest BCUT2D eigenvalue weighted by Gasteiger charge is -2.38. The Morgan fingerprint density at radius 3 is 2.89 bits per heavy atom. The van der Waals surface area contributed by atoms with Crippen LogP contribution in [0.4, 0.5) is 0 Å². The average molecular weight is 359 g/mol. The summed E-state index contributed by atoms with van der Waals surface area (Å²) in [5.41, 5.74) is 2.48. The number of fused-ring (bicyclic) bond motifs is 1. The molecule has 0 saturated carbocycles. The third-order valence-corrected chi connectivity index (χ3v) is 4.67. The fourth-order valence-electron chi connectivity index (χ4n) is 3.19. The molecule has 134 valence electrons. The van der Waals surface area contributed by atoms with E-state index in [0.717, 1.165) is 21.9 Å². The molecule has 1 N–H and O–H groups in total. The van der Waals surface area contributed by atoms with Crippen molar-refractivity contribution >= 4 is 16.7 Å². The minimum absolute atomic E-state index is 0.121. The number of nitrogens with zero attached hydrogens (tertiary/aromatic N) is 3. The Labute approximate surface area is 156 Å². The van der Waals surface area contributed by atoms with Crippen molar-refractivity contribution in [3.63, 3.8) is 0 Å². The number of pyridine rings is 1. The van der Waals surface area contributed by atoms with E-state index < -0.39 is 6.61 Å². The Hall–Kier alpha value is -3.43. The molecular formula is C21H17N3O3. The van der Waals surface area contributed by atoms with Crippen LogP contribution in [0, 0.1) is 11.3 Å². The van der Waals surface area contributed by atoms with Gasteiger partial charge in [-0.1, -0.05) is 12.1 Å². The van der Waals surface area contributed by atoms with Crippen molar-refractivity contribution in [3.8, 4) is 22.9 Å². The van der Waals surface area contributed by atoms with Gasteiger partial charge in [-0.3, -0.25) is 9.78 Å². The van der Waals surface area contributed by atoms with E-state index in [2.05, 4.69) is 11.1 Å². The number of ether oxygens (including phenoxy) is 1. The van der Waals surface area contributed by atoms with Crippen LogP contribution in [0.1, 0.15) is 5.56 Å². The quantitative estimate of drug-likeness (QED) is 0.773. The van der Waals surface area contributed by atoms with E-state index in [-0.39, 0.29) is 12.0 Å².